The van der Waals surface area contributed by atoms with Crippen LogP contribution in [0.5, 0.6) is 17.2 Å². The predicted molar refractivity (Wildman–Crippen MR) is 132 cm³/mol. The standard InChI is InChI=1S/C27H31BO5/c1-25(2)19-11-15(28-32-26(3,4)27(5,6)33-28)9-10-16(19)24-18-13-23(31-8)22(30-7)12-17(18)21(29)14-20(24)25/h9-14,29H,1-8H3. The van der Waals surface area contributed by atoms with Gasteiger partial charge in [-0.2, -0.15) is 0 Å². The van der Waals surface area contributed by atoms with Gasteiger partial charge in [0.05, 0.1) is 25.4 Å². The first-order valence-corrected chi connectivity index (χ1v) is 11.3. The fraction of sp³-hybridized carbons (Fsp3) is 0.407. The predicted octanol–water partition coefficient (Wildman–Crippen LogP) is 5.17. The molecule has 1 aliphatic carbocycles. The normalized spacial score (nSPS) is 19.5. The molecule has 6 heteroatoms. The van der Waals surface area contributed by atoms with Crippen molar-refractivity contribution in [1.82, 2.24) is 0 Å². The highest BCUT2D eigenvalue weighted by Gasteiger charge is 2.52. The van der Waals surface area contributed by atoms with E-state index in [2.05, 4.69) is 59.7 Å². The largest absolute Gasteiger partial charge is 0.507 e. The second-order valence-corrected chi connectivity index (χ2v) is 10.6. The van der Waals surface area contributed by atoms with E-state index in [-0.39, 0.29) is 11.2 Å². The van der Waals surface area contributed by atoms with Crippen LogP contribution in [0, 0.1) is 0 Å². The van der Waals surface area contributed by atoms with E-state index in [4.69, 9.17) is 18.8 Å². The molecule has 5 nitrogen and oxygen atoms in total. The molecule has 0 aromatic heterocycles. The molecule has 0 atom stereocenters. The number of ether oxygens (including phenoxy) is 2. The van der Waals surface area contributed by atoms with Gasteiger partial charge in [0.25, 0.3) is 0 Å². The molecule has 0 bridgehead atoms. The molecule has 0 saturated carbocycles. The molecule has 3 aromatic rings. The summed E-state index contributed by atoms with van der Waals surface area (Å²) >= 11 is 0. The minimum Gasteiger partial charge on any atom is -0.507 e. The van der Waals surface area contributed by atoms with Crippen molar-refractivity contribution in [3.8, 4) is 28.4 Å². The summed E-state index contributed by atoms with van der Waals surface area (Å²) in [5.74, 6) is 1.46. The second kappa shape index (κ2) is 6.91. The Morgan fingerprint density at radius 3 is 1.91 bits per heavy atom. The number of benzene rings is 3. The van der Waals surface area contributed by atoms with Crippen molar-refractivity contribution < 1.29 is 23.9 Å². The van der Waals surface area contributed by atoms with E-state index in [1.165, 1.54) is 5.56 Å². The second-order valence-electron chi connectivity index (χ2n) is 10.6. The first kappa shape index (κ1) is 22.1. The minimum atomic E-state index is -0.422. The average molecular weight is 446 g/mol. The Bertz CT molecular complexity index is 1280. The van der Waals surface area contributed by atoms with Crippen LogP contribution in [0.2, 0.25) is 0 Å². The van der Waals surface area contributed by atoms with Crippen LogP contribution in [0.3, 0.4) is 0 Å². The molecule has 5 rings (SSSR count). The number of fused-ring (bicyclic) bond motifs is 5. The topological polar surface area (TPSA) is 57.2 Å². The fourth-order valence-electron chi connectivity index (χ4n) is 5.08. The van der Waals surface area contributed by atoms with E-state index < -0.39 is 18.3 Å². The number of rotatable bonds is 3. The molecule has 172 valence electrons. The van der Waals surface area contributed by atoms with Crippen LogP contribution in [0.25, 0.3) is 21.9 Å². The Morgan fingerprint density at radius 1 is 0.758 bits per heavy atom. The molecule has 1 N–H and O–H groups in total. The lowest BCUT2D eigenvalue weighted by molar-refractivity contribution is 0.00578. The van der Waals surface area contributed by atoms with Gasteiger partial charge in [0, 0.05) is 10.8 Å². The molecule has 1 heterocycles. The summed E-state index contributed by atoms with van der Waals surface area (Å²) in [7, 11) is 2.81. The van der Waals surface area contributed by atoms with Crippen LogP contribution >= 0.6 is 0 Å². The van der Waals surface area contributed by atoms with Crippen molar-refractivity contribution in [1.29, 1.82) is 0 Å². The molecule has 2 aliphatic rings. The summed E-state index contributed by atoms with van der Waals surface area (Å²) in [5.41, 5.74) is 4.44. The van der Waals surface area contributed by atoms with Gasteiger partial charge in [0.15, 0.2) is 11.5 Å². The summed E-state index contributed by atoms with van der Waals surface area (Å²) in [5, 5.41) is 12.6. The molecule has 1 fully saturated rings. The first-order valence-electron chi connectivity index (χ1n) is 11.3. The molecule has 1 aliphatic heterocycles. The molecular weight excluding hydrogens is 415 g/mol. The number of methoxy groups -OCH3 is 2. The molecule has 3 aromatic carbocycles. The lowest BCUT2D eigenvalue weighted by atomic mass is 9.74. The van der Waals surface area contributed by atoms with Crippen molar-refractivity contribution in [3.05, 3.63) is 47.5 Å². The average Bonchev–Trinajstić information content (AvgIpc) is 3.12. The van der Waals surface area contributed by atoms with E-state index in [9.17, 15) is 5.11 Å². The molecular formula is C27H31BO5. The summed E-state index contributed by atoms with van der Waals surface area (Å²) < 4.78 is 23.7. The zero-order chi connectivity index (χ0) is 23.9. The van der Waals surface area contributed by atoms with Crippen molar-refractivity contribution in [2.24, 2.45) is 0 Å². The third kappa shape index (κ3) is 3.00. The van der Waals surface area contributed by atoms with Crippen LogP contribution in [-0.2, 0) is 14.7 Å². The van der Waals surface area contributed by atoms with Gasteiger partial charge < -0.3 is 23.9 Å². The Hall–Kier alpha value is -2.70. The van der Waals surface area contributed by atoms with E-state index >= 15 is 0 Å². The Kier molecular flexibility index (Phi) is 4.63. The maximum Gasteiger partial charge on any atom is 0.494 e. The highest BCUT2D eigenvalue weighted by Crippen LogP contribution is 2.54. The summed E-state index contributed by atoms with van der Waals surface area (Å²) in [6.45, 7) is 12.6. The van der Waals surface area contributed by atoms with Crippen LogP contribution < -0.4 is 14.9 Å². The van der Waals surface area contributed by atoms with Crippen LogP contribution in [0.4, 0.5) is 0 Å². The lowest BCUT2D eigenvalue weighted by Gasteiger charge is -2.32. The van der Waals surface area contributed by atoms with E-state index in [0.717, 1.165) is 32.9 Å². The quantitative estimate of drug-likeness (QED) is 0.563. The molecule has 0 unspecified atom stereocenters. The lowest BCUT2D eigenvalue weighted by Crippen LogP contribution is -2.41. The van der Waals surface area contributed by atoms with Gasteiger partial charge in [0.1, 0.15) is 5.75 Å². The van der Waals surface area contributed by atoms with E-state index in [1.807, 2.05) is 18.2 Å². The van der Waals surface area contributed by atoms with Gasteiger partial charge in [-0.25, -0.2) is 0 Å². The van der Waals surface area contributed by atoms with Crippen molar-refractivity contribution in [2.45, 2.75) is 58.2 Å². The maximum absolute atomic E-state index is 10.9. The van der Waals surface area contributed by atoms with Crippen LogP contribution in [-0.4, -0.2) is 37.6 Å². The highest BCUT2D eigenvalue weighted by molar-refractivity contribution is 6.62. The number of aromatic hydroxyl groups is 1. The molecule has 1 saturated heterocycles. The molecule has 0 radical (unpaired) electrons. The molecule has 33 heavy (non-hydrogen) atoms. The number of phenolic OH excluding ortho intramolecular Hbond substituents is 1. The van der Waals surface area contributed by atoms with Crippen molar-refractivity contribution >= 4 is 23.4 Å². The van der Waals surface area contributed by atoms with E-state index in [1.54, 1.807) is 14.2 Å². The number of hydrogen-bond acceptors (Lipinski definition) is 5. The molecule has 0 spiro atoms. The summed E-state index contributed by atoms with van der Waals surface area (Å²) in [6, 6.07) is 12.1. The Morgan fingerprint density at radius 2 is 1.33 bits per heavy atom. The monoisotopic (exact) mass is 446 g/mol. The summed E-state index contributed by atoms with van der Waals surface area (Å²) in [4.78, 5) is 0. The molecule has 0 amide bonds. The Labute approximate surface area is 195 Å². The van der Waals surface area contributed by atoms with Gasteiger partial charge in [-0.3, -0.25) is 0 Å². The van der Waals surface area contributed by atoms with Gasteiger partial charge in [0.2, 0.25) is 0 Å². The third-order valence-electron chi connectivity index (χ3n) is 7.80. The van der Waals surface area contributed by atoms with Gasteiger partial charge >= 0.3 is 7.12 Å². The van der Waals surface area contributed by atoms with Gasteiger partial charge in [-0.05, 0) is 79.0 Å². The fourth-order valence-corrected chi connectivity index (χ4v) is 5.08. The van der Waals surface area contributed by atoms with Gasteiger partial charge in [-0.1, -0.05) is 32.0 Å². The Balaban J connectivity index is 1.71. The van der Waals surface area contributed by atoms with E-state index in [0.29, 0.717) is 11.5 Å². The number of hydrogen-bond donors (Lipinski definition) is 1. The van der Waals surface area contributed by atoms with Crippen molar-refractivity contribution in [2.75, 3.05) is 14.2 Å². The first-order chi connectivity index (χ1) is 15.4. The van der Waals surface area contributed by atoms with Crippen molar-refractivity contribution in [3.63, 3.8) is 0 Å². The minimum absolute atomic E-state index is 0.233. The smallest absolute Gasteiger partial charge is 0.494 e. The number of phenols is 1. The zero-order valence-corrected chi connectivity index (χ0v) is 20.6. The van der Waals surface area contributed by atoms with Crippen LogP contribution in [0.15, 0.2) is 36.4 Å². The SMILES string of the molecule is COc1cc2c(O)cc3c(c2cc1OC)-c1ccc(B2OC(C)(C)C(C)(C)O2)cc1C3(C)C. The zero-order valence-electron chi connectivity index (χ0n) is 20.6. The maximum atomic E-state index is 10.9. The third-order valence-corrected chi connectivity index (χ3v) is 7.80. The van der Waals surface area contributed by atoms with Gasteiger partial charge in [-0.15, -0.1) is 0 Å². The van der Waals surface area contributed by atoms with Crippen LogP contribution in [0.1, 0.15) is 52.7 Å². The highest BCUT2D eigenvalue weighted by atomic mass is 16.7. The summed E-state index contributed by atoms with van der Waals surface area (Å²) in [6.07, 6.45) is 0.